The van der Waals surface area contributed by atoms with Crippen molar-refractivity contribution in [2.24, 2.45) is 0 Å². The summed E-state index contributed by atoms with van der Waals surface area (Å²) in [6, 6.07) is 14.2. The normalized spacial score (nSPS) is 9.08. The van der Waals surface area contributed by atoms with Gasteiger partial charge in [0.05, 0.1) is 24.2 Å². The number of benzene rings is 2. The van der Waals surface area contributed by atoms with E-state index in [1.807, 2.05) is 45.8 Å². The van der Waals surface area contributed by atoms with Crippen molar-refractivity contribution in [3.05, 3.63) is 106 Å². The number of carbonyl (C=O) groups is 1. The third-order valence-electron chi connectivity index (χ3n) is 4.23. The van der Waals surface area contributed by atoms with E-state index in [1.165, 1.54) is 11.3 Å². The lowest BCUT2D eigenvalue weighted by Crippen LogP contribution is -1.98. The third-order valence-corrected chi connectivity index (χ3v) is 6.12. The SMILES string of the molecule is C.CCO.Nc1nccs1.[C-]#[N+]c1cccc(-c2cn3ccsc3n2)c1.[C-]#[N+]c1cccc(C(=O)CBr)c1. The van der Waals surface area contributed by atoms with Crippen LogP contribution < -0.4 is 5.73 Å². The van der Waals surface area contributed by atoms with Crippen LogP contribution in [0.4, 0.5) is 16.5 Å². The predicted octanol–water partition coefficient (Wildman–Crippen LogP) is 7.79. The highest BCUT2D eigenvalue weighted by Gasteiger charge is 2.05. The summed E-state index contributed by atoms with van der Waals surface area (Å²) < 4.78 is 1.99. The summed E-state index contributed by atoms with van der Waals surface area (Å²) in [6.07, 6.45) is 5.64. The summed E-state index contributed by atoms with van der Waals surface area (Å²) in [5.74, 6) is 0.000463. The Kier molecular flexibility index (Phi) is 14.9. The Labute approximate surface area is 238 Å². The number of hydrogen-bond donors (Lipinski definition) is 2. The number of nitrogen functional groups attached to an aromatic ring is 1. The number of anilines is 1. The van der Waals surface area contributed by atoms with E-state index >= 15 is 0 Å². The van der Waals surface area contributed by atoms with Crippen molar-refractivity contribution < 1.29 is 9.90 Å². The van der Waals surface area contributed by atoms with Crippen LogP contribution in [0.3, 0.4) is 0 Å². The van der Waals surface area contributed by atoms with E-state index < -0.39 is 0 Å². The molecule has 0 fully saturated rings. The number of aliphatic hydroxyl groups is 1. The molecule has 5 rings (SSSR count). The monoisotopic (exact) mass is 610 g/mol. The van der Waals surface area contributed by atoms with Gasteiger partial charge in [0.1, 0.15) is 0 Å². The van der Waals surface area contributed by atoms with Crippen LogP contribution in [0.25, 0.3) is 25.9 Å². The van der Waals surface area contributed by atoms with E-state index in [2.05, 4.69) is 35.6 Å². The number of alkyl halides is 1. The number of nitrogens with zero attached hydrogens (tertiary/aromatic N) is 5. The van der Waals surface area contributed by atoms with Crippen molar-refractivity contribution in [1.82, 2.24) is 14.4 Å². The van der Waals surface area contributed by atoms with Gasteiger partial charge in [-0.05, 0) is 24.6 Å². The first-order chi connectivity index (χ1) is 17.9. The van der Waals surface area contributed by atoms with Crippen molar-refractivity contribution in [2.45, 2.75) is 14.4 Å². The molecule has 0 atom stereocenters. The predicted molar refractivity (Wildman–Crippen MR) is 162 cm³/mol. The Morgan fingerprint density at radius 3 is 2.29 bits per heavy atom. The Hall–Kier alpha value is -3.87. The molecule has 3 N–H and O–H groups in total. The van der Waals surface area contributed by atoms with Crippen LogP contribution in [0, 0.1) is 13.1 Å². The lowest BCUT2D eigenvalue weighted by atomic mass is 10.1. The Balaban J connectivity index is 0.000000290. The quantitative estimate of drug-likeness (QED) is 0.123. The largest absolute Gasteiger partial charge is 0.397 e. The molecule has 0 saturated heterocycles. The van der Waals surface area contributed by atoms with Crippen molar-refractivity contribution >= 4 is 65.9 Å². The zero-order valence-corrected chi connectivity index (χ0v) is 23.0. The number of nitrogens with two attached hydrogens (primary N) is 1. The topological polar surface area (TPSA) is 102 Å². The van der Waals surface area contributed by atoms with Crippen LogP contribution >= 0.6 is 38.6 Å². The zero-order chi connectivity index (χ0) is 27.0. The fourth-order valence-electron chi connectivity index (χ4n) is 2.66. The summed E-state index contributed by atoms with van der Waals surface area (Å²) in [7, 11) is 0. The molecular weight excluding hydrogens is 584 g/mol. The molecule has 8 nitrogen and oxygen atoms in total. The Morgan fingerprint density at radius 1 is 1.11 bits per heavy atom. The number of hydrogen-bond acceptors (Lipinski definition) is 7. The molecule has 0 bridgehead atoms. The van der Waals surface area contributed by atoms with E-state index in [9.17, 15) is 4.79 Å². The third kappa shape index (κ3) is 10.2. The van der Waals surface area contributed by atoms with E-state index in [0.717, 1.165) is 16.2 Å². The minimum atomic E-state index is 0. The number of carbonyl (C=O) groups excluding carboxylic acids is 1. The van der Waals surface area contributed by atoms with Gasteiger partial charge in [-0.3, -0.25) is 9.20 Å². The molecule has 3 heterocycles. The molecule has 0 spiro atoms. The second-order valence-corrected chi connectivity index (χ2v) is 9.15. The second kappa shape index (κ2) is 17.6. The van der Waals surface area contributed by atoms with E-state index in [0.29, 0.717) is 27.4 Å². The molecule has 0 radical (unpaired) electrons. The average Bonchev–Trinajstić information content (AvgIpc) is 3.68. The molecular formula is C27H27BrN6O2S2. The Bertz CT molecular complexity index is 1450. The van der Waals surface area contributed by atoms with Gasteiger partial charge in [-0.15, -0.1) is 22.7 Å². The molecule has 0 aliphatic rings. The van der Waals surface area contributed by atoms with Gasteiger partial charge in [0.2, 0.25) is 0 Å². The van der Waals surface area contributed by atoms with Crippen LogP contribution in [0.2, 0.25) is 0 Å². The fraction of sp³-hybridized carbons (Fsp3) is 0.148. The van der Waals surface area contributed by atoms with Crippen molar-refractivity contribution in [1.29, 1.82) is 0 Å². The molecule has 0 aliphatic heterocycles. The van der Waals surface area contributed by atoms with Crippen molar-refractivity contribution in [2.75, 3.05) is 17.7 Å². The summed E-state index contributed by atoms with van der Waals surface area (Å²) >= 11 is 6.12. The molecule has 0 aliphatic carbocycles. The van der Waals surface area contributed by atoms with Crippen LogP contribution in [0.1, 0.15) is 24.7 Å². The molecule has 3 aromatic heterocycles. The van der Waals surface area contributed by atoms with Crippen LogP contribution in [0.5, 0.6) is 0 Å². The number of imidazole rings is 1. The number of Topliss-reactive ketones (excluding diaryl/α,β-unsaturated/α-hetero) is 1. The van der Waals surface area contributed by atoms with Crippen molar-refractivity contribution in [3.8, 4) is 11.3 Å². The summed E-state index contributed by atoms with van der Waals surface area (Å²) in [5, 5.41) is 12.3. The lowest BCUT2D eigenvalue weighted by Gasteiger charge is -1.95. The number of ketones is 1. The van der Waals surface area contributed by atoms with E-state index in [-0.39, 0.29) is 19.8 Å². The van der Waals surface area contributed by atoms with Gasteiger partial charge < -0.3 is 10.8 Å². The van der Waals surface area contributed by atoms with Gasteiger partial charge >= 0.3 is 0 Å². The van der Waals surface area contributed by atoms with Gasteiger partial charge in [-0.2, -0.15) is 0 Å². The van der Waals surface area contributed by atoms with Crippen molar-refractivity contribution in [3.63, 3.8) is 0 Å². The minimum Gasteiger partial charge on any atom is -0.397 e. The standard InChI is InChI=1S/C12H7N3S.C9H6BrNO.C3H4N2S.C2H6O.CH4/c1-13-10-4-2-3-9(7-10)11-8-15-5-6-16-12(15)14-11;1-11-8-4-2-3-7(5-8)9(12)6-10;4-3-5-1-2-6-3;1-2-3;/h2-8H;2-5H,6H2;1-2H,(H2,4,5);3H,2H2,1H3;1H4. The molecule has 0 saturated carbocycles. The summed E-state index contributed by atoms with van der Waals surface area (Å²) in [5.41, 5.74) is 8.82. The number of aromatic nitrogens is 3. The highest BCUT2D eigenvalue weighted by atomic mass is 79.9. The Morgan fingerprint density at radius 2 is 1.76 bits per heavy atom. The average molecular weight is 612 g/mol. The highest BCUT2D eigenvalue weighted by molar-refractivity contribution is 9.09. The summed E-state index contributed by atoms with van der Waals surface area (Å²) in [6.45, 7) is 15.7. The molecule has 38 heavy (non-hydrogen) atoms. The van der Waals surface area contributed by atoms with Crippen LogP contribution in [-0.4, -0.2) is 37.2 Å². The number of halogens is 1. The van der Waals surface area contributed by atoms with Gasteiger partial charge in [0, 0.05) is 41.5 Å². The number of aliphatic hydroxyl groups excluding tert-OH is 1. The minimum absolute atomic E-state index is 0. The molecule has 196 valence electrons. The van der Waals surface area contributed by atoms with Gasteiger partial charge in [0.15, 0.2) is 27.3 Å². The molecule has 2 aromatic carbocycles. The zero-order valence-electron chi connectivity index (χ0n) is 19.8. The highest BCUT2D eigenvalue weighted by Crippen LogP contribution is 2.25. The molecule has 11 heteroatoms. The van der Waals surface area contributed by atoms with E-state index in [4.69, 9.17) is 24.0 Å². The first-order valence-electron chi connectivity index (χ1n) is 10.7. The maximum absolute atomic E-state index is 11.1. The van der Waals surface area contributed by atoms with Gasteiger partial charge in [-0.25, -0.2) is 19.7 Å². The number of rotatable bonds is 3. The molecule has 0 unspecified atom stereocenters. The van der Waals surface area contributed by atoms with Gasteiger partial charge in [0.25, 0.3) is 0 Å². The maximum Gasteiger partial charge on any atom is 0.194 e. The summed E-state index contributed by atoms with van der Waals surface area (Å²) in [4.78, 5) is 27.0. The maximum atomic E-state index is 11.1. The first-order valence-corrected chi connectivity index (χ1v) is 13.6. The smallest absolute Gasteiger partial charge is 0.194 e. The number of fused-ring (bicyclic) bond motifs is 1. The van der Waals surface area contributed by atoms with E-state index in [1.54, 1.807) is 54.8 Å². The van der Waals surface area contributed by atoms with Crippen LogP contribution in [-0.2, 0) is 0 Å². The first kappa shape index (κ1) is 32.2. The molecule has 5 aromatic rings. The molecule has 0 amide bonds. The van der Waals surface area contributed by atoms with Crippen LogP contribution in [0.15, 0.2) is 77.9 Å². The van der Waals surface area contributed by atoms with Gasteiger partial charge in [-0.1, -0.05) is 59.8 Å². The fourth-order valence-corrected chi connectivity index (χ4v) is 4.07. The second-order valence-electron chi connectivity index (χ2n) is 6.79. The lowest BCUT2D eigenvalue weighted by molar-refractivity contribution is 0.102. The number of thiazole rings is 2.